The van der Waals surface area contributed by atoms with E-state index >= 15 is 0 Å². The van der Waals surface area contributed by atoms with Crippen molar-refractivity contribution >= 4 is 28.9 Å². The zero-order chi connectivity index (χ0) is 13.1. The maximum absolute atomic E-state index is 10.5. The van der Waals surface area contributed by atoms with Gasteiger partial charge in [0.15, 0.2) is 0 Å². The summed E-state index contributed by atoms with van der Waals surface area (Å²) in [5.41, 5.74) is -0.112. The molecule has 5 nitrogen and oxygen atoms in total. The molecule has 0 aliphatic rings. The van der Waals surface area contributed by atoms with E-state index in [0.29, 0.717) is 10.8 Å². The molecule has 0 unspecified atom stereocenters. The van der Waals surface area contributed by atoms with Crippen LogP contribution in [0.2, 0.25) is 10.0 Å². The van der Waals surface area contributed by atoms with Crippen LogP contribution < -0.4 is 4.74 Å². The number of nitro groups is 1. The van der Waals surface area contributed by atoms with Gasteiger partial charge in [-0.1, -0.05) is 29.3 Å². The number of nitrogens with zero attached hydrogens (tertiary/aromatic N) is 2. The van der Waals surface area contributed by atoms with Gasteiger partial charge in [0, 0.05) is 12.1 Å². The molecule has 2 aromatic rings. The highest BCUT2D eigenvalue weighted by atomic mass is 35.5. The van der Waals surface area contributed by atoms with Gasteiger partial charge in [-0.2, -0.15) is 0 Å². The first-order valence-electron chi connectivity index (χ1n) is 4.80. The Hall–Kier alpha value is -1.85. The average molecular weight is 285 g/mol. The maximum atomic E-state index is 10.5. The van der Waals surface area contributed by atoms with Gasteiger partial charge in [0.25, 0.3) is 5.69 Å². The standard InChI is InChI=1S/C11H6Cl2N2O3/c12-8-2-1-3-9(11(8)13)18-10-5-4-7(6-14-10)15(16)17/h1-6H. The second-order valence-corrected chi connectivity index (χ2v) is 4.05. The Balaban J connectivity index is 2.24. The van der Waals surface area contributed by atoms with Gasteiger partial charge in [-0.25, -0.2) is 4.98 Å². The van der Waals surface area contributed by atoms with Crippen LogP contribution in [0.25, 0.3) is 0 Å². The van der Waals surface area contributed by atoms with Gasteiger partial charge in [0.1, 0.15) is 17.0 Å². The van der Waals surface area contributed by atoms with E-state index in [1.54, 1.807) is 18.2 Å². The predicted molar refractivity (Wildman–Crippen MR) is 67.4 cm³/mol. The van der Waals surface area contributed by atoms with Crippen LogP contribution in [0.1, 0.15) is 0 Å². The maximum Gasteiger partial charge on any atom is 0.287 e. The molecule has 1 aromatic carbocycles. The topological polar surface area (TPSA) is 65.3 Å². The summed E-state index contributed by atoms with van der Waals surface area (Å²) in [5.74, 6) is 0.537. The van der Waals surface area contributed by atoms with Gasteiger partial charge in [0.05, 0.1) is 9.95 Å². The Bertz CT molecular complexity index is 587. The van der Waals surface area contributed by atoms with E-state index in [4.69, 9.17) is 27.9 Å². The van der Waals surface area contributed by atoms with Crippen molar-refractivity contribution < 1.29 is 9.66 Å². The summed E-state index contributed by atoms with van der Waals surface area (Å²) in [6.07, 6.45) is 1.10. The van der Waals surface area contributed by atoms with Gasteiger partial charge in [-0.3, -0.25) is 10.1 Å². The van der Waals surface area contributed by atoms with Crippen LogP contribution >= 0.6 is 23.2 Å². The molecule has 0 fully saturated rings. The van der Waals surface area contributed by atoms with Crippen molar-refractivity contribution in [1.29, 1.82) is 0 Å². The minimum absolute atomic E-state index is 0.112. The largest absolute Gasteiger partial charge is 0.437 e. The molecule has 0 N–H and O–H groups in total. The first-order chi connectivity index (χ1) is 8.58. The third kappa shape index (κ3) is 2.69. The molecule has 0 saturated heterocycles. The van der Waals surface area contributed by atoms with Gasteiger partial charge in [-0.15, -0.1) is 0 Å². The minimum Gasteiger partial charge on any atom is -0.437 e. The normalized spacial score (nSPS) is 10.1. The Labute approximate surface area is 112 Å². The van der Waals surface area contributed by atoms with E-state index in [9.17, 15) is 10.1 Å². The van der Waals surface area contributed by atoms with Gasteiger partial charge >= 0.3 is 0 Å². The molecule has 1 aromatic heterocycles. The Kier molecular flexibility index (Phi) is 3.64. The van der Waals surface area contributed by atoms with Crippen molar-refractivity contribution in [1.82, 2.24) is 4.98 Å². The number of hydrogen-bond donors (Lipinski definition) is 0. The molecule has 7 heteroatoms. The van der Waals surface area contributed by atoms with Gasteiger partial charge in [0.2, 0.25) is 5.88 Å². The Morgan fingerprint density at radius 3 is 2.61 bits per heavy atom. The molecule has 1 heterocycles. The second kappa shape index (κ2) is 5.20. The highest BCUT2D eigenvalue weighted by Crippen LogP contribution is 2.34. The fourth-order valence-electron chi connectivity index (χ4n) is 1.22. The van der Waals surface area contributed by atoms with Crippen LogP contribution in [0.5, 0.6) is 11.6 Å². The monoisotopic (exact) mass is 284 g/mol. The molecule has 0 aliphatic heterocycles. The molecular weight excluding hydrogens is 279 g/mol. The van der Waals surface area contributed by atoms with Crippen LogP contribution in [-0.4, -0.2) is 9.91 Å². The highest BCUT2D eigenvalue weighted by Gasteiger charge is 2.09. The summed E-state index contributed by atoms with van der Waals surface area (Å²) in [4.78, 5) is 13.7. The number of hydrogen-bond acceptors (Lipinski definition) is 4. The molecule has 18 heavy (non-hydrogen) atoms. The van der Waals surface area contributed by atoms with Crippen LogP contribution in [0.15, 0.2) is 36.5 Å². The van der Waals surface area contributed by atoms with Crippen LogP contribution in [0, 0.1) is 10.1 Å². The lowest BCUT2D eigenvalue weighted by molar-refractivity contribution is -0.385. The average Bonchev–Trinajstić information content (AvgIpc) is 2.36. The van der Waals surface area contributed by atoms with E-state index in [-0.39, 0.29) is 16.6 Å². The lowest BCUT2D eigenvalue weighted by Crippen LogP contribution is -1.92. The van der Waals surface area contributed by atoms with E-state index in [2.05, 4.69) is 4.98 Å². The van der Waals surface area contributed by atoms with Crippen molar-refractivity contribution in [2.45, 2.75) is 0 Å². The number of benzene rings is 1. The number of pyridine rings is 1. The van der Waals surface area contributed by atoms with E-state index in [1.165, 1.54) is 12.1 Å². The summed E-state index contributed by atoms with van der Waals surface area (Å²) in [5, 5.41) is 11.1. The summed E-state index contributed by atoms with van der Waals surface area (Å²) in [6, 6.07) is 7.60. The third-order valence-electron chi connectivity index (χ3n) is 2.06. The molecule has 2 rings (SSSR count). The lowest BCUT2D eigenvalue weighted by Gasteiger charge is -2.06. The second-order valence-electron chi connectivity index (χ2n) is 3.27. The molecule has 0 amide bonds. The minimum atomic E-state index is -0.539. The number of ether oxygens (including phenoxy) is 1. The Morgan fingerprint density at radius 2 is 2.00 bits per heavy atom. The molecular formula is C11H6Cl2N2O3. The molecule has 0 bridgehead atoms. The number of aromatic nitrogens is 1. The quantitative estimate of drug-likeness (QED) is 0.629. The molecule has 0 saturated carbocycles. The third-order valence-corrected chi connectivity index (χ3v) is 2.86. The molecule has 0 radical (unpaired) electrons. The summed E-state index contributed by atoms with van der Waals surface area (Å²) >= 11 is 11.8. The van der Waals surface area contributed by atoms with Crippen molar-refractivity contribution in [2.75, 3.05) is 0 Å². The zero-order valence-corrected chi connectivity index (χ0v) is 10.4. The molecule has 0 atom stereocenters. The fourth-order valence-corrected chi connectivity index (χ4v) is 1.55. The summed E-state index contributed by atoms with van der Waals surface area (Å²) in [6.45, 7) is 0. The Morgan fingerprint density at radius 1 is 1.22 bits per heavy atom. The fraction of sp³-hybridized carbons (Fsp3) is 0. The van der Waals surface area contributed by atoms with Gasteiger partial charge in [-0.05, 0) is 12.1 Å². The van der Waals surface area contributed by atoms with Crippen molar-refractivity contribution in [3.05, 3.63) is 56.7 Å². The van der Waals surface area contributed by atoms with Crippen molar-refractivity contribution in [2.24, 2.45) is 0 Å². The molecule has 0 aliphatic carbocycles. The van der Waals surface area contributed by atoms with E-state index in [1.807, 2.05) is 0 Å². The van der Waals surface area contributed by atoms with E-state index in [0.717, 1.165) is 6.20 Å². The predicted octanol–water partition coefficient (Wildman–Crippen LogP) is 4.09. The smallest absolute Gasteiger partial charge is 0.287 e. The van der Waals surface area contributed by atoms with Crippen molar-refractivity contribution in [3.63, 3.8) is 0 Å². The first kappa shape index (κ1) is 12.6. The summed E-state index contributed by atoms with van der Waals surface area (Å²) in [7, 11) is 0. The first-order valence-corrected chi connectivity index (χ1v) is 5.56. The summed E-state index contributed by atoms with van der Waals surface area (Å²) < 4.78 is 5.37. The molecule has 92 valence electrons. The highest BCUT2D eigenvalue weighted by molar-refractivity contribution is 6.42. The number of halogens is 2. The van der Waals surface area contributed by atoms with Gasteiger partial charge < -0.3 is 4.74 Å². The van der Waals surface area contributed by atoms with E-state index < -0.39 is 4.92 Å². The zero-order valence-electron chi connectivity index (χ0n) is 8.84. The molecule has 0 spiro atoms. The SMILES string of the molecule is O=[N+]([O-])c1ccc(Oc2cccc(Cl)c2Cl)nc1. The lowest BCUT2D eigenvalue weighted by atomic mass is 10.3. The number of rotatable bonds is 3. The van der Waals surface area contributed by atoms with Crippen LogP contribution in [0.4, 0.5) is 5.69 Å². The van der Waals surface area contributed by atoms with Crippen LogP contribution in [-0.2, 0) is 0 Å². The van der Waals surface area contributed by atoms with Crippen molar-refractivity contribution in [3.8, 4) is 11.6 Å². The van der Waals surface area contributed by atoms with Crippen LogP contribution in [0.3, 0.4) is 0 Å².